The van der Waals surface area contributed by atoms with Gasteiger partial charge in [0.1, 0.15) is 27.6 Å². The topological polar surface area (TPSA) is 505 Å². The van der Waals surface area contributed by atoms with E-state index < -0.39 is 6.04 Å². The highest BCUT2D eigenvalue weighted by Gasteiger charge is 2.18. The van der Waals surface area contributed by atoms with E-state index in [4.69, 9.17) is 50.5 Å². The molecule has 0 fully saturated rings. The average molecular weight is 1380 g/mol. The minimum absolute atomic E-state index is 0.0207. The summed E-state index contributed by atoms with van der Waals surface area (Å²) >= 11 is 9.23. The van der Waals surface area contributed by atoms with Crippen LogP contribution in [0, 0.1) is 6.92 Å². The standard InChI is InChI=1S/C14H21N5O.C13H19N5O.C12H16BrN5O.C12H16ClN5O.C10H13N5O2/c1-3-5-10(8-20)17-13-12-11(18-14(15)19-13)6-9(4-2)7-16-12;1-3-4-9(7-19)16-12-11-10(17-13(14)18-12)5-8(2)6-15-11;2*1-2-3-8(6-19)16-11-10-9(17-12(14)18-11)4-7(13)5-15-10;11-10-14-7-2-1-3-12-8(7)9(15-10)13-6(4-16)5-17/h6-7,10,20H,3-5,8H2,1-2H3,(H3,15,17,18,19);5-6,9,19H,3-4,7H2,1-2H3,(H3,14,16,17,18);2*4-5,8,19H,2-3,6H2,1H3,(H3,14,16,17,18);1-3,6,16-17H,4-5H2,(H3,11,13,14,15)/t10-;9-;2*8-;/m0000./s1. The summed E-state index contributed by atoms with van der Waals surface area (Å²) in [6, 6.07) is 10.2. The van der Waals surface area contributed by atoms with Gasteiger partial charge in [0.2, 0.25) is 29.7 Å². The van der Waals surface area contributed by atoms with Gasteiger partial charge in [0.05, 0.1) is 102 Å². The van der Waals surface area contributed by atoms with Crippen LogP contribution in [-0.2, 0) is 6.42 Å². The summed E-state index contributed by atoms with van der Waals surface area (Å²) in [5.74, 6) is 3.50. The molecular formula is C61H85BrClN25O6. The van der Waals surface area contributed by atoms with Crippen molar-refractivity contribution in [2.45, 2.75) is 130 Å². The van der Waals surface area contributed by atoms with Gasteiger partial charge in [-0.3, -0.25) is 15.0 Å². The number of aromatic nitrogens is 15. The molecule has 0 amide bonds. The number of rotatable bonds is 25. The number of nitrogen functional groups attached to an aromatic ring is 5. The van der Waals surface area contributed by atoms with Gasteiger partial charge in [-0.15, -0.1) is 0 Å². The van der Waals surface area contributed by atoms with Crippen molar-refractivity contribution in [2.24, 2.45) is 0 Å². The Labute approximate surface area is 556 Å². The normalized spacial score (nSPS) is 12.3. The molecule has 0 aliphatic carbocycles. The van der Waals surface area contributed by atoms with Crippen LogP contribution in [0.2, 0.25) is 5.02 Å². The number of nitrogens with one attached hydrogen (secondary N) is 5. The van der Waals surface area contributed by atoms with E-state index in [0.29, 0.717) is 83.8 Å². The van der Waals surface area contributed by atoms with Crippen molar-refractivity contribution in [1.29, 1.82) is 0 Å². The Morgan fingerprint density at radius 3 is 1.13 bits per heavy atom. The molecule has 0 aliphatic heterocycles. The molecule has 0 unspecified atom stereocenters. The lowest BCUT2D eigenvalue weighted by atomic mass is 10.1. The third-order valence-electron chi connectivity index (χ3n) is 13.8. The Balaban J connectivity index is 0.000000186. The SMILES string of the molecule is CCC[C@@H](CO)Nc1nc(N)nc2cc(Br)cnc12.CCC[C@@H](CO)Nc1nc(N)nc2cc(C)cnc12.CCC[C@@H](CO)Nc1nc(N)nc2cc(CC)cnc12.CCC[C@@H](CO)Nc1nc(N)nc2cc(Cl)cnc12.Nc1nc(NC(CO)CO)c2ncccc2n1. The fourth-order valence-electron chi connectivity index (χ4n) is 9.27. The zero-order valence-electron chi connectivity index (χ0n) is 53.4. The predicted molar refractivity (Wildman–Crippen MR) is 375 cm³/mol. The molecule has 0 bridgehead atoms. The van der Waals surface area contributed by atoms with Gasteiger partial charge in [0, 0.05) is 35.5 Å². The van der Waals surface area contributed by atoms with Gasteiger partial charge in [-0.05, 0) is 102 Å². The maximum Gasteiger partial charge on any atom is 0.222 e. The van der Waals surface area contributed by atoms with Crippen molar-refractivity contribution in [3.63, 3.8) is 0 Å². The quantitative estimate of drug-likeness (QED) is 0.0295. The number of hydrogen-bond acceptors (Lipinski definition) is 31. The molecule has 31 nitrogen and oxygen atoms in total. The van der Waals surface area contributed by atoms with Crippen molar-refractivity contribution in [3.05, 3.63) is 88.0 Å². The number of fused-ring (bicyclic) bond motifs is 5. The van der Waals surface area contributed by atoms with E-state index in [2.05, 4.69) is 152 Å². The Kier molecular flexibility index (Phi) is 29.6. The first kappa shape index (κ1) is 74.0. The summed E-state index contributed by atoms with van der Waals surface area (Å²) in [6.07, 6.45) is 16.6. The monoisotopic (exact) mass is 1380 g/mol. The lowest BCUT2D eigenvalue weighted by molar-refractivity contribution is 0.203. The van der Waals surface area contributed by atoms with Crippen molar-refractivity contribution in [2.75, 3.05) is 94.9 Å². The largest absolute Gasteiger partial charge is 0.394 e. The average Bonchev–Trinajstić information content (AvgIpc) is 0.856. The lowest BCUT2D eigenvalue weighted by Gasteiger charge is -2.17. The second-order valence-electron chi connectivity index (χ2n) is 21.5. The van der Waals surface area contributed by atoms with E-state index in [9.17, 15) is 20.4 Å². The second-order valence-corrected chi connectivity index (χ2v) is 22.8. The van der Waals surface area contributed by atoms with Crippen LogP contribution >= 0.6 is 27.5 Å². The van der Waals surface area contributed by atoms with Gasteiger partial charge in [-0.2, -0.15) is 24.9 Å². The first-order valence-electron chi connectivity index (χ1n) is 30.7. The molecule has 504 valence electrons. The molecular weight excluding hydrogens is 1290 g/mol. The van der Waals surface area contributed by atoms with Gasteiger partial charge >= 0.3 is 0 Å². The third kappa shape index (κ3) is 21.8. The van der Waals surface area contributed by atoms with Crippen molar-refractivity contribution >= 4 is 142 Å². The van der Waals surface area contributed by atoms with Crippen LogP contribution in [0.3, 0.4) is 0 Å². The van der Waals surface area contributed by atoms with Gasteiger partial charge in [0.25, 0.3) is 0 Å². The van der Waals surface area contributed by atoms with Crippen molar-refractivity contribution < 1.29 is 30.6 Å². The lowest BCUT2D eigenvalue weighted by Crippen LogP contribution is -2.28. The molecule has 21 N–H and O–H groups in total. The third-order valence-corrected chi connectivity index (χ3v) is 14.4. The maximum absolute atomic E-state index is 9.38. The highest BCUT2D eigenvalue weighted by molar-refractivity contribution is 9.10. The van der Waals surface area contributed by atoms with Gasteiger partial charge < -0.3 is 85.9 Å². The summed E-state index contributed by atoms with van der Waals surface area (Å²) in [5.41, 5.74) is 37.0. The molecule has 33 heteroatoms. The molecule has 10 rings (SSSR count). The van der Waals surface area contributed by atoms with Crippen LogP contribution in [0.15, 0.2) is 71.9 Å². The van der Waals surface area contributed by atoms with Crippen LogP contribution in [0.25, 0.3) is 55.2 Å². The van der Waals surface area contributed by atoms with E-state index in [-0.39, 0.29) is 93.6 Å². The number of aliphatic hydroxyl groups is 6. The molecule has 4 atom stereocenters. The maximum atomic E-state index is 9.38. The number of pyridine rings is 5. The Morgan fingerprint density at radius 1 is 0.404 bits per heavy atom. The van der Waals surface area contributed by atoms with Gasteiger partial charge in [0.15, 0.2) is 29.1 Å². The molecule has 0 saturated carbocycles. The van der Waals surface area contributed by atoms with E-state index in [0.717, 1.165) is 78.9 Å². The number of nitrogens with zero attached hydrogens (tertiary/aromatic N) is 15. The van der Waals surface area contributed by atoms with Crippen LogP contribution in [0.1, 0.15) is 97.1 Å². The van der Waals surface area contributed by atoms with E-state index in [1.165, 1.54) is 6.20 Å². The van der Waals surface area contributed by atoms with Crippen molar-refractivity contribution in [1.82, 2.24) is 74.8 Å². The number of aryl methyl sites for hydroxylation is 2. The first-order valence-corrected chi connectivity index (χ1v) is 31.9. The minimum Gasteiger partial charge on any atom is -0.394 e. The number of nitrogens with two attached hydrogens (primary N) is 5. The van der Waals surface area contributed by atoms with Gasteiger partial charge in [-0.25, -0.2) is 34.9 Å². The van der Waals surface area contributed by atoms with Crippen molar-refractivity contribution in [3.8, 4) is 0 Å². The van der Waals surface area contributed by atoms with Crippen LogP contribution < -0.4 is 55.3 Å². The highest BCUT2D eigenvalue weighted by atomic mass is 79.9. The van der Waals surface area contributed by atoms with Crippen LogP contribution in [0.4, 0.5) is 58.8 Å². The zero-order valence-corrected chi connectivity index (χ0v) is 55.7. The Bertz CT molecular complexity index is 3760. The molecule has 94 heavy (non-hydrogen) atoms. The molecule has 10 aromatic heterocycles. The number of hydrogen-bond donors (Lipinski definition) is 16. The smallest absolute Gasteiger partial charge is 0.222 e. The summed E-state index contributed by atoms with van der Waals surface area (Å²) in [4.78, 5) is 62.8. The summed E-state index contributed by atoms with van der Waals surface area (Å²) < 4.78 is 0.830. The van der Waals surface area contributed by atoms with Crippen LogP contribution in [-0.4, -0.2) is 175 Å². The van der Waals surface area contributed by atoms with E-state index >= 15 is 0 Å². The fraction of sp³-hybridized carbons (Fsp3) is 0.426. The summed E-state index contributed by atoms with van der Waals surface area (Å²) in [7, 11) is 0. The number of halogens is 2. The van der Waals surface area contributed by atoms with E-state index in [1.54, 1.807) is 36.8 Å². The Morgan fingerprint density at radius 2 is 0.734 bits per heavy atom. The first-order chi connectivity index (χ1) is 45.3. The summed E-state index contributed by atoms with van der Waals surface area (Å²) in [6.45, 7) is 12.0. The molecule has 0 aliphatic rings. The zero-order chi connectivity index (χ0) is 68.3. The van der Waals surface area contributed by atoms with E-state index in [1.807, 2.05) is 31.3 Å². The molecule has 0 saturated heterocycles. The number of aliphatic hydroxyl groups excluding tert-OH is 6. The number of anilines is 10. The van der Waals surface area contributed by atoms with Crippen LogP contribution in [0.5, 0.6) is 0 Å². The molecule has 0 aromatic carbocycles. The second kappa shape index (κ2) is 37.6. The van der Waals surface area contributed by atoms with Gasteiger partial charge in [-0.1, -0.05) is 71.9 Å². The summed E-state index contributed by atoms with van der Waals surface area (Å²) in [5, 5.41) is 71.5. The molecule has 10 heterocycles. The Hall–Kier alpha value is -9.02. The molecule has 0 spiro atoms. The highest BCUT2D eigenvalue weighted by Crippen LogP contribution is 2.27. The minimum atomic E-state index is -0.505. The predicted octanol–water partition coefficient (Wildman–Crippen LogP) is 6.38. The molecule has 0 radical (unpaired) electrons. The fourth-order valence-corrected chi connectivity index (χ4v) is 9.74. The molecule has 10 aromatic rings.